The van der Waals surface area contributed by atoms with Gasteiger partial charge in [0.15, 0.2) is 11.9 Å². The van der Waals surface area contributed by atoms with Crippen molar-refractivity contribution in [3.05, 3.63) is 11.6 Å². The molecule has 78 valence electrons. The summed E-state index contributed by atoms with van der Waals surface area (Å²) in [6.45, 7) is 5.38. The van der Waals surface area contributed by atoms with E-state index in [1.54, 1.807) is 0 Å². The van der Waals surface area contributed by atoms with Gasteiger partial charge in [-0.2, -0.15) is 0 Å². The molecular weight excluding hydrogens is 180 g/mol. The second-order valence-electron chi connectivity index (χ2n) is 3.67. The summed E-state index contributed by atoms with van der Waals surface area (Å²) in [4.78, 5) is 22.4. The molecule has 3 nitrogen and oxygen atoms in total. The van der Waals surface area contributed by atoms with Crippen LogP contribution < -0.4 is 0 Å². The summed E-state index contributed by atoms with van der Waals surface area (Å²) in [6.07, 6.45) is 2.81. The van der Waals surface area contributed by atoms with Gasteiger partial charge in [0, 0.05) is 13.3 Å². The number of carbonyl (C=O) groups excluding carboxylic acids is 2. The third-order valence-electron chi connectivity index (χ3n) is 2.58. The minimum absolute atomic E-state index is 0.0189. The molecule has 1 aliphatic carbocycles. The number of ether oxygens (including phenoxy) is 1. The zero-order valence-electron chi connectivity index (χ0n) is 8.87. The first-order valence-electron chi connectivity index (χ1n) is 4.97. The van der Waals surface area contributed by atoms with Gasteiger partial charge in [-0.3, -0.25) is 9.59 Å². The van der Waals surface area contributed by atoms with E-state index in [1.807, 2.05) is 19.9 Å². The lowest BCUT2D eigenvalue weighted by Crippen LogP contribution is -2.24. The molecule has 1 rings (SSSR count). The van der Waals surface area contributed by atoms with Gasteiger partial charge in [0.2, 0.25) is 0 Å². The van der Waals surface area contributed by atoms with Gasteiger partial charge < -0.3 is 4.74 Å². The van der Waals surface area contributed by atoms with Gasteiger partial charge >= 0.3 is 5.97 Å². The molecule has 0 radical (unpaired) electrons. The van der Waals surface area contributed by atoms with Crippen LogP contribution in [-0.2, 0) is 14.3 Å². The van der Waals surface area contributed by atoms with Gasteiger partial charge in [0.05, 0.1) is 0 Å². The van der Waals surface area contributed by atoms with E-state index >= 15 is 0 Å². The maximum absolute atomic E-state index is 11.7. The number of Topliss-reactive ketones (excluding diaryl/α,β-unsaturated/α-hetero) is 1. The molecule has 0 saturated heterocycles. The van der Waals surface area contributed by atoms with Crippen molar-refractivity contribution in [2.45, 2.75) is 39.7 Å². The van der Waals surface area contributed by atoms with Crippen LogP contribution in [0.3, 0.4) is 0 Å². The molecule has 2 unspecified atom stereocenters. The van der Waals surface area contributed by atoms with Crippen molar-refractivity contribution >= 4 is 11.8 Å². The van der Waals surface area contributed by atoms with Crippen molar-refractivity contribution in [2.24, 2.45) is 5.92 Å². The first-order chi connectivity index (χ1) is 6.56. The van der Waals surface area contributed by atoms with E-state index in [1.165, 1.54) is 6.92 Å². The number of ketones is 1. The monoisotopic (exact) mass is 196 g/mol. The van der Waals surface area contributed by atoms with Crippen molar-refractivity contribution in [1.82, 2.24) is 0 Å². The summed E-state index contributed by atoms with van der Waals surface area (Å²) in [5.41, 5.74) is 0.818. The smallest absolute Gasteiger partial charge is 0.303 e. The lowest BCUT2D eigenvalue weighted by molar-refractivity contribution is -0.150. The van der Waals surface area contributed by atoms with Crippen LogP contribution in [0.2, 0.25) is 0 Å². The summed E-state index contributed by atoms with van der Waals surface area (Å²) >= 11 is 0. The minimum Gasteiger partial charge on any atom is -0.454 e. The maximum Gasteiger partial charge on any atom is 0.303 e. The molecule has 0 amide bonds. The van der Waals surface area contributed by atoms with Crippen LogP contribution in [0.25, 0.3) is 0 Å². The fraction of sp³-hybridized carbons (Fsp3) is 0.636. The Morgan fingerprint density at radius 2 is 2.36 bits per heavy atom. The lowest BCUT2D eigenvalue weighted by Gasteiger charge is -2.12. The first-order valence-corrected chi connectivity index (χ1v) is 4.97. The topological polar surface area (TPSA) is 43.4 Å². The zero-order chi connectivity index (χ0) is 10.7. The molecule has 0 aliphatic heterocycles. The van der Waals surface area contributed by atoms with Gasteiger partial charge in [-0.15, -0.1) is 0 Å². The predicted octanol–water partition coefficient (Wildman–Crippen LogP) is 1.86. The standard InChI is InChI=1S/C11H16O3/c1-4-7(2)9-5-6-10(11(9)13)14-8(3)12/h5,7,10H,4,6H2,1-3H3. The molecule has 2 atom stereocenters. The average Bonchev–Trinajstić information content (AvgIpc) is 2.46. The van der Waals surface area contributed by atoms with Crippen LogP contribution in [0.1, 0.15) is 33.6 Å². The van der Waals surface area contributed by atoms with Gasteiger partial charge in [0.1, 0.15) is 0 Å². The molecule has 0 aromatic rings. The van der Waals surface area contributed by atoms with E-state index < -0.39 is 6.10 Å². The van der Waals surface area contributed by atoms with Crippen molar-refractivity contribution in [1.29, 1.82) is 0 Å². The second kappa shape index (κ2) is 4.40. The Hall–Kier alpha value is -1.12. The molecule has 0 saturated carbocycles. The summed E-state index contributed by atoms with van der Waals surface area (Å²) < 4.78 is 4.91. The Bertz CT molecular complexity index is 278. The van der Waals surface area contributed by atoms with E-state index in [0.717, 1.165) is 12.0 Å². The fourth-order valence-electron chi connectivity index (χ4n) is 1.59. The molecule has 0 N–H and O–H groups in total. The molecule has 0 spiro atoms. The van der Waals surface area contributed by atoms with Gasteiger partial charge in [-0.1, -0.05) is 19.9 Å². The van der Waals surface area contributed by atoms with Crippen LogP contribution in [-0.4, -0.2) is 17.9 Å². The summed E-state index contributed by atoms with van der Waals surface area (Å²) in [5, 5.41) is 0. The lowest BCUT2D eigenvalue weighted by atomic mass is 9.97. The van der Waals surface area contributed by atoms with Gasteiger partial charge in [0.25, 0.3) is 0 Å². The summed E-state index contributed by atoms with van der Waals surface area (Å²) in [7, 11) is 0. The molecule has 0 aromatic carbocycles. The fourth-order valence-corrected chi connectivity index (χ4v) is 1.59. The highest BCUT2D eigenvalue weighted by Crippen LogP contribution is 2.25. The summed E-state index contributed by atoms with van der Waals surface area (Å²) in [6, 6.07) is 0. The van der Waals surface area contributed by atoms with Crippen molar-refractivity contribution in [3.63, 3.8) is 0 Å². The Morgan fingerprint density at radius 1 is 1.71 bits per heavy atom. The molecule has 3 heteroatoms. The highest BCUT2D eigenvalue weighted by molar-refractivity contribution is 6.02. The van der Waals surface area contributed by atoms with E-state index in [4.69, 9.17) is 4.74 Å². The van der Waals surface area contributed by atoms with Crippen molar-refractivity contribution in [3.8, 4) is 0 Å². The molecular formula is C11H16O3. The highest BCUT2D eigenvalue weighted by Gasteiger charge is 2.31. The Kier molecular flexibility index (Phi) is 3.44. The van der Waals surface area contributed by atoms with E-state index in [2.05, 4.69) is 0 Å². The van der Waals surface area contributed by atoms with Crippen molar-refractivity contribution < 1.29 is 14.3 Å². The number of carbonyl (C=O) groups is 2. The summed E-state index contributed by atoms with van der Waals surface area (Å²) in [5.74, 6) is -0.139. The Labute approximate surface area is 84.1 Å². The molecule has 1 aliphatic rings. The van der Waals surface area contributed by atoms with Crippen LogP contribution in [0.15, 0.2) is 11.6 Å². The quantitative estimate of drug-likeness (QED) is 0.647. The molecule has 14 heavy (non-hydrogen) atoms. The number of hydrogen-bond acceptors (Lipinski definition) is 3. The van der Waals surface area contributed by atoms with Crippen LogP contribution in [0.4, 0.5) is 0 Å². The van der Waals surface area contributed by atoms with Crippen molar-refractivity contribution in [2.75, 3.05) is 0 Å². The number of esters is 1. The van der Waals surface area contributed by atoms with E-state index in [-0.39, 0.29) is 17.7 Å². The maximum atomic E-state index is 11.7. The molecule has 0 bridgehead atoms. The number of hydrogen-bond donors (Lipinski definition) is 0. The molecule has 0 heterocycles. The largest absolute Gasteiger partial charge is 0.454 e. The third-order valence-corrected chi connectivity index (χ3v) is 2.58. The SMILES string of the molecule is CCC(C)C1=CCC(OC(C)=O)C1=O. The Balaban J connectivity index is 2.61. The zero-order valence-corrected chi connectivity index (χ0v) is 8.87. The van der Waals surface area contributed by atoms with E-state index in [0.29, 0.717) is 6.42 Å². The van der Waals surface area contributed by atoms with Gasteiger partial charge in [-0.25, -0.2) is 0 Å². The number of rotatable bonds is 3. The van der Waals surface area contributed by atoms with Crippen LogP contribution in [0, 0.1) is 5.92 Å². The van der Waals surface area contributed by atoms with Crippen LogP contribution >= 0.6 is 0 Å². The minimum atomic E-state index is -0.559. The third kappa shape index (κ3) is 2.22. The van der Waals surface area contributed by atoms with Gasteiger partial charge in [-0.05, 0) is 17.9 Å². The van der Waals surface area contributed by atoms with E-state index in [9.17, 15) is 9.59 Å². The normalized spacial score (nSPS) is 23.2. The Morgan fingerprint density at radius 3 is 2.86 bits per heavy atom. The second-order valence-corrected chi connectivity index (χ2v) is 3.67. The van der Waals surface area contributed by atoms with Crippen LogP contribution in [0.5, 0.6) is 0 Å². The predicted molar refractivity (Wildman–Crippen MR) is 52.7 cm³/mol. The first kappa shape index (κ1) is 11.0. The molecule has 0 fully saturated rings. The molecule has 0 aromatic heterocycles. The highest BCUT2D eigenvalue weighted by atomic mass is 16.5. The average molecular weight is 196 g/mol.